The first-order valence-corrected chi connectivity index (χ1v) is 7.35. The van der Waals surface area contributed by atoms with Crippen molar-refractivity contribution in [3.8, 4) is 0 Å². The van der Waals surface area contributed by atoms with Gasteiger partial charge in [0.15, 0.2) is 0 Å². The van der Waals surface area contributed by atoms with Gasteiger partial charge < -0.3 is 9.88 Å². The number of nitrogens with one attached hydrogen (secondary N) is 1. The van der Waals surface area contributed by atoms with Crippen molar-refractivity contribution in [1.29, 1.82) is 0 Å². The Morgan fingerprint density at radius 3 is 2.30 bits per heavy atom. The lowest BCUT2D eigenvalue weighted by atomic mass is 10.1. The molecule has 20 heavy (non-hydrogen) atoms. The number of benzene rings is 1. The van der Waals surface area contributed by atoms with Crippen LogP contribution in [-0.2, 0) is 6.42 Å². The van der Waals surface area contributed by atoms with Crippen LogP contribution in [0.2, 0.25) is 0 Å². The Labute approximate surface area is 122 Å². The lowest BCUT2D eigenvalue weighted by Crippen LogP contribution is -2.17. The number of hydrogen-bond donors (Lipinski definition) is 1. The highest BCUT2D eigenvalue weighted by molar-refractivity contribution is 5.34. The van der Waals surface area contributed by atoms with Gasteiger partial charge >= 0.3 is 0 Å². The van der Waals surface area contributed by atoms with E-state index in [0.717, 1.165) is 12.4 Å². The van der Waals surface area contributed by atoms with Crippen molar-refractivity contribution in [3.63, 3.8) is 0 Å². The van der Waals surface area contributed by atoms with Gasteiger partial charge in [0.2, 0.25) is 5.95 Å². The zero-order valence-electron chi connectivity index (χ0n) is 13.1. The molecule has 3 heteroatoms. The van der Waals surface area contributed by atoms with E-state index in [2.05, 4.69) is 73.8 Å². The molecule has 108 valence electrons. The molecule has 2 rings (SSSR count). The molecule has 1 aromatic carbocycles. The Kier molecular flexibility index (Phi) is 4.48. The summed E-state index contributed by atoms with van der Waals surface area (Å²) in [6, 6.07) is 9.52. The SMILES string of the molecule is Cc1ccc(Cc2cnc(NC(C)C)n2C(C)C)cc1. The molecule has 0 aliphatic rings. The Hall–Kier alpha value is -1.77. The van der Waals surface area contributed by atoms with Crippen LogP contribution in [0.4, 0.5) is 5.95 Å². The molecule has 0 saturated carbocycles. The van der Waals surface area contributed by atoms with E-state index in [-0.39, 0.29) is 0 Å². The molecule has 0 fully saturated rings. The van der Waals surface area contributed by atoms with E-state index in [0.29, 0.717) is 12.1 Å². The van der Waals surface area contributed by atoms with Gasteiger partial charge in [-0.15, -0.1) is 0 Å². The fraction of sp³-hybridized carbons (Fsp3) is 0.471. The fourth-order valence-corrected chi connectivity index (χ4v) is 2.38. The molecule has 1 N–H and O–H groups in total. The highest BCUT2D eigenvalue weighted by Gasteiger charge is 2.13. The van der Waals surface area contributed by atoms with Crippen LogP contribution in [0, 0.1) is 6.92 Å². The quantitative estimate of drug-likeness (QED) is 0.884. The smallest absolute Gasteiger partial charge is 0.203 e. The van der Waals surface area contributed by atoms with E-state index in [1.165, 1.54) is 16.8 Å². The summed E-state index contributed by atoms with van der Waals surface area (Å²) in [6.45, 7) is 10.8. The summed E-state index contributed by atoms with van der Waals surface area (Å²) >= 11 is 0. The number of aryl methyl sites for hydroxylation is 1. The predicted molar refractivity (Wildman–Crippen MR) is 85.4 cm³/mol. The number of imidazole rings is 1. The molecule has 0 amide bonds. The predicted octanol–water partition coefficient (Wildman–Crippen LogP) is 4.18. The monoisotopic (exact) mass is 271 g/mol. The Morgan fingerprint density at radius 1 is 1.10 bits per heavy atom. The lowest BCUT2D eigenvalue weighted by Gasteiger charge is -2.18. The number of nitrogens with zero attached hydrogens (tertiary/aromatic N) is 2. The Morgan fingerprint density at radius 2 is 1.75 bits per heavy atom. The van der Waals surface area contributed by atoms with Crippen molar-refractivity contribution < 1.29 is 0 Å². The minimum absolute atomic E-state index is 0.391. The van der Waals surface area contributed by atoms with Crippen molar-refractivity contribution in [2.24, 2.45) is 0 Å². The average molecular weight is 271 g/mol. The van der Waals surface area contributed by atoms with Crippen molar-refractivity contribution >= 4 is 5.95 Å². The van der Waals surface area contributed by atoms with Crippen LogP contribution in [0.1, 0.15) is 50.6 Å². The van der Waals surface area contributed by atoms with Crippen LogP contribution < -0.4 is 5.32 Å². The first kappa shape index (κ1) is 14.6. The summed E-state index contributed by atoms with van der Waals surface area (Å²) in [7, 11) is 0. The molecule has 0 saturated heterocycles. The van der Waals surface area contributed by atoms with Gasteiger partial charge in [-0.3, -0.25) is 0 Å². The third kappa shape index (κ3) is 3.41. The number of hydrogen-bond acceptors (Lipinski definition) is 2. The average Bonchev–Trinajstić information content (AvgIpc) is 2.74. The second-order valence-corrected chi connectivity index (χ2v) is 6.00. The van der Waals surface area contributed by atoms with Crippen molar-refractivity contribution in [2.45, 2.75) is 53.1 Å². The van der Waals surface area contributed by atoms with Gasteiger partial charge in [0.25, 0.3) is 0 Å². The van der Waals surface area contributed by atoms with E-state index >= 15 is 0 Å². The summed E-state index contributed by atoms with van der Waals surface area (Å²) in [5.41, 5.74) is 3.88. The number of aromatic nitrogens is 2. The molecule has 0 aliphatic heterocycles. The number of anilines is 1. The molecule has 0 spiro atoms. The third-order valence-corrected chi connectivity index (χ3v) is 3.31. The van der Waals surface area contributed by atoms with Crippen LogP contribution in [0.3, 0.4) is 0 Å². The fourth-order valence-electron chi connectivity index (χ4n) is 2.38. The zero-order chi connectivity index (χ0) is 14.7. The van der Waals surface area contributed by atoms with Gasteiger partial charge in [-0.1, -0.05) is 29.8 Å². The molecule has 3 nitrogen and oxygen atoms in total. The second kappa shape index (κ2) is 6.12. The maximum absolute atomic E-state index is 4.54. The highest BCUT2D eigenvalue weighted by Crippen LogP contribution is 2.21. The van der Waals surface area contributed by atoms with Gasteiger partial charge in [0.1, 0.15) is 0 Å². The maximum atomic E-state index is 4.54. The highest BCUT2D eigenvalue weighted by atomic mass is 15.2. The number of rotatable bonds is 5. The topological polar surface area (TPSA) is 29.9 Å². The Bertz CT molecular complexity index is 550. The van der Waals surface area contributed by atoms with Gasteiger partial charge in [0.05, 0.1) is 6.20 Å². The first-order valence-electron chi connectivity index (χ1n) is 7.35. The molecule has 0 bridgehead atoms. The van der Waals surface area contributed by atoms with Crippen molar-refractivity contribution in [2.75, 3.05) is 5.32 Å². The molecule has 1 aromatic heterocycles. The second-order valence-electron chi connectivity index (χ2n) is 6.00. The summed E-state index contributed by atoms with van der Waals surface area (Å²) in [4.78, 5) is 4.54. The molecule has 0 radical (unpaired) electrons. The van der Waals surface area contributed by atoms with Gasteiger partial charge in [-0.2, -0.15) is 0 Å². The molecule has 1 heterocycles. The van der Waals surface area contributed by atoms with Crippen LogP contribution in [0.5, 0.6) is 0 Å². The molecule has 2 aromatic rings. The zero-order valence-corrected chi connectivity index (χ0v) is 13.1. The summed E-state index contributed by atoms with van der Waals surface area (Å²) in [5.74, 6) is 0.970. The molecule has 0 unspecified atom stereocenters. The molecule has 0 atom stereocenters. The largest absolute Gasteiger partial charge is 0.353 e. The summed E-state index contributed by atoms with van der Waals surface area (Å²) < 4.78 is 2.29. The van der Waals surface area contributed by atoms with Crippen LogP contribution >= 0.6 is 0 Å². The standard InChI is InChI=1S/C17H25N3/c1-12(2)19-17-18-11-16(20(17)13(3)4)10-15-8-6-14(5)7-9-15/h6-9,11-13H,10H2,1-5H3,(H,18,19). The summed E-state index contributed by atoms with van der Waals surface area (Å²) in [5, 5.41) is 3.42. The Balaban J connectivity index is 2.27. The minimum Gasteiger partial charge on any atom is -0.353 e. The van der Waals surface area contributed by atoms with Gasteiger partial charge in [-0.05, 0) is 40.2 Å². The van der Waals surface area contributed by atoms with E-state index < -0.39 is 0 Å². The van der Waals surface area contributed by atoms with Crippen LogP contribution in [0.25, 0.3) is 0 Å². The van der Waals surface area contributed by atoms with Gasteiger partial charge in [-0.25, -0.2) is 4.98 Å². The van der Waals surface area contributed by atoms with E-state index in [9.17, 15) is 0 Å². The minimum atomic E-state index is 0.391. The van der Waals surface area contributed by atoms with Crippen LogP contribution in [0.15, 0.2) is 30.5 Å². The normalized spacial score (nSPS) is 11.3. The maximum Gasteiger partial charge on any atom is 0.203 e. The van der Waals surface area contributed by atoms with Crippen molar-refractivity contribution in [3.05, 3.63) is 47.3 Å². The van der Waals surface area contributed by atoms with Crippen molar-refractivity contribution in [1.82, 2.24) is 9.55 Å². The molecular formula is C17H25N3. The van der Waals surface area contributed by atoms with E-state index in [1.54, 1.807) is 0 Å². The first-order chi connectivity index (χ1) is 9.47. The lowest BCUT2D eigenvalue weighted by molar-refractivity contribution is 0.581. The van der Waals surface area contributed by atoms with E-state index in [1.807, 2.05) is 6.20 Å². The van der Waals surface area contributed by atoms with E-state index in [4.69, 9.17) is 0 Å². The van der Waals surface area contributed by atoms with Crippen LogP contribution in [-0.4, -0.2) is 15.6 Å². The molecule has 0 aliphatic carbocycles. The molecular weight excluding hydrogens is 246 g/mol. The van der Waals surface area contributed by atoms with Gasteiger partial charge in [0, 0.05) is 24.2 Å². The summed E-state index contributed by atoms with van der Waals surface area (Å²) in [6.07, 6.45) is 2.91. The third-order valence-electron chi connectivity index (χ3n) is 3.31.